The van der Waals surface area contributed by atoms with E-state index < -0.39 is 0 Å². The van der Waals surface area contributed by atoms with Crippen LogP contribution in [0.2, 0.25) is 0 Å². The Labute approximate surface area is 191 Å². The second-order valence-corrected chi connectivity index (χ2v) is 7.09. The summed E-state index contributed by atoms with van der Waals surface area (Å²) in [6.45, 7) is 10.3. The van der Waals surface area contributed by atoms with Crippen molar-refractivity contribution in [1.82, 2.24) is 10.6 Å². The van der Waals surface area contributed by atoms with Gasteiger partial charge < -0.3 is 16.0 Å². The van der Waals surface area contributed by atoms with Crippen molar-refractivity contribution in [3.05, 3.63) is 65.2 Å². The van der Waals surface area contributed by atoms with Crippen LogP contribution in [0.25, 0.3) is 0 Å². The van der Waals surface area contributed by atoms with Gasteiger partial charge in [-0.2, -0.15) is 0 Å². The third-order valence-corrected chi connectivity index (χ3v) is 4.49. The van der Waals surface area contributed by atoms with E-state index in [2.05, 4.69) is 61.0 Å². The first-order valence-electron chi connectivity index (χ1n) is 9.93. The molecular formula is C23H33IN4O. The third-order valence-electron chi connectivity index (χ3n) is 4.49. The Morgan fingerprint density at radius 1 is 1.03 bits per heavy atom. The van der Waals surface area contributed by atoms with E-state index >= 15 is 0 Å². The molecule has 1 atom stereocenters. The van der Waals surface area contributed by atoms with Gasteiger partial charge in [0.2, 0.25) is 5.91 Å². The molecule has 2 aromatic carbocycles. The summed E-state index contributed by atoms with van der Waals surface area (Å²) in [6.07, 6.45) is 0.887. The van der Waals surface area contributed by atoms with Gasteiger partial charge in [-0.05, 0) is 43.5 Å². The molecule has 0 aliphatic carbocycles. The van der Waals surface area contributed by atoms with Crippen molar-refractivity contribution >= 4 is 41.5 Å². The first-order valence-corrected chi connectivity index (χ1v) is 9.93. The molecular weight excluding hydrogens is 475 g/mol. The summed E-state index contributed by atoms with van der Waals surface area (Å²) in [4.78, 5) is 15.8. The predicted molar refractivity (Wildman–Crippen MR) is 133 cm³/mol. The van der Waals surface area contributed by atoms with Crippen molar-refractivity contribution in [3.8, 4) is 0 Å². The Balaban J connectivity index is 0.00000420. The quantitative estimate of drug-likeness (QED) is 0.280. The van der Waals surface area contributed by atoms with Gasteiger partial charge in [-0.15, -0.1) is 24.0 Å². The van der Waals surface area contributed by atoms with Crippen LogP contribution in [0, 0.1) is 6.92 Å². The van der Waals surface area contributed by atoms with Gasteiger partial charge in [-0.1, -0.05) is 48.9 Å². The molecule has 6 heteroatoms. The molecule has 2 aromatic rings. The Kier molecular flexibility index (Phi) is 11.3. The number of halogens is 1. The maximum Gasteiger partial charge on any atom is 0.221 e. The fourth-order valence-corrected chi connectivity index (χ4v) is 2.85. The summed E-state index contributed by atoms with van der Waals surface area (Å²) < 4.78 is 0. The minimum atomic E-state index is -0.0548. The first-order chi connectivity index (χ1) is 13.5. The van der Waals surface area contributed by atoms with Crippen LogP contribution in [-0.2, 0) is 11.2 Å². The second kappa shape index (κ2) is 13.2. The predicted octanol–water partition coefficient (Wildman–Crippen LogP) is 4.47. The number of nitrogens with zero attached hydrogens (tertiary/aromatic N) is 1. The zero-order chi connectivity index (χ0) is 20.4. The Bertz CT molecular complexity index is 772. The van der Waals surface area contributed by atoms with E-state index in [1.54, 1.807) is 0 Å². The number of anilines is 1. The van der Waals surface area contributed by atoms with Gasteiger partial charge in [0, 0.05) is 38.2 Å². The van der Waals surface area contributed by atoms with Crippen molar-refractivity contribution in [3.63, 3.8) is 0 Å². The number of aryl methyl sites for hydroxylation is 1. The number of benzene rings is 2. The topological polar surface area (TPSA) is 65.5 Å². The number of guanidine groups is 1. The Hall–Kier alpha value is -2.09. The monoisotopic (exact) mass is 508 g/mol. The van der Waals surface area contributed by atoms with Gasteiger partial charge in [-0.25, -0.2) is 0 Å². The molecule has 2 rings (SSSR count). The van der Waals surface area contributed by atoms with E-state index in [1.807, 2.05) is 24.3 Å². The third kappa shape index (κ3) is 9.30. The summed E-state index contributed by atoms with van der Waals surface area (Å²) in [6, 6.07) is 16.6. The Morgan fingerprint density at radius 2 is 1.69 bits per heavy atom. The fraction of sp³-hybridized carbons (Fsp3) is 0.391. The molecule has 0 fully saturated rings. The highest BCUT2D eigenvalue weighted by Crippen LogP contribution is 2.16. The van der Waals surface area contributed by atoms with Crippen molar-refractivity contribution in [2.45, 2.75) is 40.0 Å². The lowest BCUT2D eigenvalue weighted by Crippen LogP contribution is -2.38. The number of hydrogen-bond acceptors (Lipinski definition) is 2. The number of rotatable bonds is 8. The summed E-state index contributed by atoms with van der Waals surface area (Å²) in [7, 11) is 0. The maximum atomic E-state index is 11.1. The van der Waals surface area contributed by atoms with E-state index in [0.29, 0.717) is 5.92 Å². The molecule has 0 radical (unpaired) electrons. The molecule has 3 N–H and O–H groups in total. The van der Waals surface area contributed by atoms with E-state index in [0.717, 1.165) is 37.7 Å². The molecule has 0 bridgehead atoms. The molecule has 0 saturated heterocycles. The van der Waals surface area contributed by atoms with Crippen LogP contribution in [0.5, 0.6) is 0 Å². The maximum absolute atomic E-state index is 11.1. The molecule has 5 nitrogen and oxygen atoms in total. The zero-order valence-corrected chi connectivity index (χ0v) is 20.1. The van der Waals surface area contributed by atoms with Crippen LogP contribution in [0.1, 0.15) is 43.4 Å². The normalized spacial score (nSPS) is 11.9. The molecule has 0 saturated carbocycles. The largest absolute Gasteiger partial charge is 0.357 e. The van der Waals surface area contributed by atoms with Crippen molar-refractivity contribution in [2.24, 2.45) is 4.99 Å². The van der Waals surface area contributed by atoms with Crippen molar-refractivity contribution < 1.29 is 4.79 Å². The molecule has 29 heavy (non-hydrogen) atoms. The summed E-state index contributed by atoms with van der Waals surface area (Å²) >= 11 is 0. The highest BCUT2D eigenvalue weighted by atomic mass is 127. The standard InChI is InChI=1S/C23H32N4O.HI/c1-5-24-23(26-16-18(3)21-10-6-17(2)7-11-21)25-15-14-20-8-12-22(13-9-20)27-19(4)28;/h6-13,18H,5,14-16H2,1-4H3,(H,27,28)(H2,24,25,26);1H. The van der Waals surface area contributed by atoms with Crippen molar-refractivity contribution in [2.75, 3.05) is 25.0 Å². The highest BCUT2D eigenvalue weighted by molar-refractivity contribution is 14.0. The van der Waals surface area contributed by atoms with E-state index in [9.17, 15) is 4.79 Å². The number of nitrogens with one attached hydrogen (secondary N) is 3. The van der Waals surface area contributed by atoms with Crippen LogP contribution >= 0.6 is 24.0 Å². The average Bonchev–Trinajstić information content (AvgIpc) is 2.67. The number of hydrogen-bond donors (Lipinski definition) is 3. The number of carbonyl (C=O) groups excluding carboxylic acids is 1. The van der Waals surface area contributed by atoms with Crippen LogP contribution in [0.3, 0.4) is 0 Å². The van der Waals surface area contributed by atoms with Crippen molar-refractivity contribution in [1.29, 1.82) is 0 Å². The van der Waals surface area contributed by atoms with Gasteiger partial charge in [0.1, 0.15) is 0 Å². The lowest BCUT2D eigenvalue weighted by Gasteiger charge is -2.14. The zero-order valence-electron chi connectivity index (χ0n) is 17.8. The number of aliphatic imine (C=N–C) groups is 1. The molecule has 0 aliphatic heterocycles. The molecule has 1 unspecified atom stereocenters. The summed E-state index contributed by atoms with van der Waals surface area (Å²) in [5, 5.41) is 9.49. The van der Waals surface area contributed by atoms with Gasteiger partial charge in [-0.3, -0.25) is 9.79 Å². The lowest BCUT2D eigenvalue weighted by molar-refractivity contribution is -0.114. The Morgan fingerprint density at radius 3 is 2.28 bits per heavy atom. The number of amides is 1. The van der Waals surface area contributed by atoms with Crippen LogP contribution in [0.15, 0.2) is 53.5 Å². The fourth-order valence-electron chi connectivity index (χ4n) is 2.85. The van der Waals surface area contributed by atoms with Crippen LogP contribution in [0.4, 0.5) is 5.69 Å². The molecule has 0 aliphatic rings. The van der Waals surface area contributed by atoms with E-state index in [4.69, 9.17) is 4.99 Å². The molecule has 0 spiro atoms. The second-order valence-electron chi connectivity index (χ2n) is 7.09. The van der Waals surface area contributed by atoms with E-state index in [1.165, 1.54) is 23.6 Å². The minimum Gasteiger partial charge on any atom is -0.357 e. The minimum absolute atomic E-state index is 0. The molecule has 158 valence electrons. The molecule has 0 heterocycles. The summed E-state index contributed by atoms with van der Waals surface area (Å²) in [5.74, 6) is 1.16. The first kappa shape index (κ1) is 24.9. The van der Waals surface area contributed by atoms with Gasteiger partial charge in [0.05, 0.1) is 0 Å². The average molecular weight is 508 g/mol. The van der Waals surface area contributed by atoms with E-state index in [-0.39, 0.29) is 29.9 Å². The summed E-state index contributed by atoms with van der Waals surface area (Å²) in [5.41, 5.74) is 4.62. The smallest absolute Gasteiger partial charge is 0.221 e. The van der Waals surface area contributed by atoms with Gasteiger partial charge in [0.25, 0.3) is 0 Å². The van der Waals surface area contributed by atoms with Gasteiger partial charge in [0.15, 0.2) is 5.96 Å². The molecule has 1 amide bonds. The van der Waals surface area contributed by atoms with Crippen LogP contribution in [-0.4, -0.2) is 31.5 Å². The highest BCUT2D eigenvalue weighted by Gasteiger charge is 2.06. The SMILES string of the molecule is CCNC(=NCC(C)c1ccc(C)cc1)NCCc1ccc(NC(C)=O)cc1.I. The molecule has 0 aromatic heterocycles. The number of carbonyl (C=O) groups is 1. The van der Waals surface area contributed by atoms with Gasteiger partial charge >= 0.3 is 0 Å². The van der Waals surface area contributed by atoms with Crippen LogP contribution < -0.4 is 16.0 Å². The lowest BCUT2D eigenvalue weighted by atomic mass is 10.0.